The molecule has 7 heavy (non-hydrogen) atoms. The number of carbonyl (C=O) groups is 1. The van der Waals surface area contributed by atoms with Crippen molar-refractivity contribution in [3.63, 3.8) is 0 Å². The van der Waals surface area contributed by atoms with Crippen molar-refractivity contribution in [2.24, 2.45) is 0 Å². The average Bonchev–Trinajstić information content (AvgIpc) is 1.68. The summed E-state index contributed by atoms with van der Waals surface area (Å²) in [4.78, 5) is 14.1. The Morgan fingerprint density at radius 3 is 2.71 bits per heavy atom. The van der Waals surface area contributed by atoms with Crippen molar-refractivity contribution in [1.82, 2.24) is 5.48 Å². The van der Waals surface area contributed by atoms with E-state index < -0.39 is 5.91 Å². The Balaban J connectivity index is 3.17. The first-order valence-corrected chi connectivity index (χ1v) is 1.64. The fourth-order valence-electron chi connectivity index (χ4n) is 0.130. The van der Waals surface area contributed by atoms with Crippen LogP contribution in [0, 0.1) is 5.41 Å². The molecule has 0 rings (SSSR count). The van der Waals surface area contributed by atoms with Crippen LogP contribution in [0.1, 0.15) is 0 Å². The third kappa shape index (κ3) is 2.92. The smallest absolute Gasteiger partial charge is 0.285 e. The van der Waals surface area contributed by atoms with Crippen molar-refractivity contribution in [3.05, 3.63) is 0 Å². The van der Waals surface area contributed by atoms with Gasteiger partial charge in [-0.25, -0.2) is 5.48 Å². The maximum absolute atomic E-state index is 9.93. The lowest BCUT2D eigenvalue weighted by Crippen LogP contribution is -2.21. The highest BCUT2D eigenvalue weighted by Crippen LogP contribution is 1.52. The lowest BCUT2D eigenvalue weighted by molar-refractivity contribution is -0.123. The van der Waals surface area contributed by atoms with Gasteiger partial charge < -0.3 is 5.41 Å². The number of nitrogens with one attached hydrogen (secondary N) is 2. The van der Waals surface area contributed by atoms with E-state index in [1.54, 1.807) is 0 Å². The fraction of sp³-hybridized carbons (Fsp3) is 0.333. The highest BCUT2D eigenvalue weighted by atomic mass is 16.6. The van der Waals surface area contributed by atoms with Crippen molar-refractivity contribution < 1.29 is 9.63 Å². The molecule has 4 nitrogen and oxygen atoms in total. The summed E-state index contributed by atoms with van der Waals surface area (Å²) in [6.45, 7) is 0. The Morgan fingerprint density at radius 2 is 2.57 bits per heavy atom. The molecule has 0 aliphatic carbocycles. The molecular weight excluding hydrogens is 96.0 g/mol. The van der Waals surface area contributed by atoms with Gasteiger partial charge in [0.1, 0.15) is 0 Å². The van der Waals surface area contributed by atoms with Gasteiger partial charge in [-0.1, -0.05) is 0 Å². The van der Waals surface area contributed by atoms with Crippen molar-refractivity contribution in [1.29, 1.82) is 5.41 Å². The van der Waals surface area contributed by atoms with Crippen LogP contribution in [0.3, 0.4) is 0 Å². The van der Waals surface area contributed by atoms with E-state index in [0.717, 1.165) is 0 Å². The summed E-state index contributed by atoms with van der Waals surface area (Å²) in [7, 11) is 1.31. The molecule has 0 aromatic heterocycles. The molecule has 0 aliphatic rings. The Kier molecular flexibility index (Phi) is 2.87. The van der Waals surface area contributed by atoms with E-state index in [9.17, 15) is 4.79 Å². The third-order valence-electron chi connectivity index (χ3n) is 0.334. The van der Waals surface area contributed by atoms with Crippen molar-refractivity contribution in [3.8, 4) is 0 Å². The van der Waals surface area contributed by atoms with E-state index in [4.69, 9.17) is 5.41 Å². The second-order valence-corrected chi connectivity index (χ2v) is 0.815. The van der Waals surface area contributed by atoms with Crippen molar-refractivity contribution in [2.45, 2.75) is 0 Å². The van der Waals surface area contributed by atoms with Crippen LogP contribution >= 0.6 is 0 Å². The first kappa shape index (κ1) is 6.10. The Morgan fingerprint density at radius 1 is 2.00 bits per heavy atom. The molecule has 0 aliphatic heterocycles. The Bertz CT molecular complexity index is 81.0. The van der Waals surface area contributed by atoms with Crippen LogP contribution in [0.15, 0.2) is 0 Å². The number of hydrogen-bond acceptors (Lipinski definition) is 3. The quantitative estimate of drug-likeness (QED) is 0.358. The van der Waals surface area contributed by atoms with Crippen molar-refractivity contribution >= 4 is 12.1 Å². The highest BCUT2D eigenvalue weighted by molar-refractivity contribution is 6.24. The highest BCUT2D eigenvalue weighted by Gasteiger charge is 1.86. The Labute approximate surface area is 40.9 Å². The molecule has 0 fully saturated rings. The average molecular weight is 102 g/mol. The van der Waals surface area contributed by atoms with Gasteiger partial charge in [-0.2, -0.15) is 0 Å². The molecule has 40 valence electrons. The maximum atomic E-state index is 9.93. The topological polar surface area (TPSA) is 62.2 Å². The molecule has 2 N–H and O–H groups in total. The minimum atomic E-state index is -0.553. The predicted molar refractivity (Wildman–Crippen MR) is 23.9 cm³/mol. The number of hydroxylamine groups is 1. The second-order valence-electron chi connectivity index (χ2n) is 0.815. The summed E-state index contributed by atoms with van der Waals surface area (Å²) >= 11 is 0. The largest absolute Gasteiger partial charge is 0.303 e. The summed E-state index contributed by atoms with van der Waals surface area (Å²) < 4.78 is 0. The van der Waals surface area contributed by atoms with E-state index in [1.165, 1.54) is 7.11 Å². The van der Waals surface area contributed by atoms with Gasteiger partial charge in [-0.3, -0.25) is 9.63 Å². The minimum absolute atomic E-state index is 0.553. The van der Waals surface area contributed by atoms with Gasteiger partial charge in [0.15, 0.2) is 0 Å². The van der Waals surface area contributed by atoms with Gasteiger partial charge in [0, 0.05) is 0 Å². The van der Waals surface area contributed by atoms with Crippen LogP contribution in [0.4, 0.5) is 0 Å². The normalized spacial score (nSPS) is 7.57. The Hall–Kier alpha value is -0.900. The van der Waals surface area contributed by atoms with E-state index >= 15 is 0 Å². The number of carbonyl (C=O) groups excluding carboxylic acids is 1. The molecule has 0 bridgehead atoms. The van der Waals surface area contributed by atoms with Crippen LogP contribution in [-0.4, -0.2) is 19.2 Å². The van der Waals surface area contributed by atoms with Crippen molar-refractivity contribution in [2.75, 3.05) is 7.11 Å². The summed E-state index contributed by atoms with van der Waals surface area (Å²) in [5, 5.41) is 6.29. The standard InChI is InChI=1S/C3H6N2O2/c1-7-5-3(6)2-4/h2,4H,1H3,(H,5,6). The van der Waals surface area contributed by atoms with E-state index in [0.29, 0.717) is 6.21 Å². The van der Waals surface area contributed by atoms with Gasteiger partial charge in [-0.05, 0) is 0 Å². The molecule has 0 saturated carbocycles. The zero-order valence-corrected chi connectivity index (χ0v) is 3.89. The van der Waals surface area contributed by atoms with Gasteiger partial charge in [-0.15, -0.1) is 0 Å². The first-order chi connectivity index (χ1) is 3.31. The monoisotopic (exact) mass is 102 g/mol. The maximum Gasteiger partial charge on any atom is 0.285 e. The number of hydrogen-bond donors (Lipinski definition) is 2. The zero-order valence-electron chi connectivity index (χ0n) is 3.89. The SMILES string of the molecule is CONC(=O)C=N. The van der Waals surface area contributed by atoms with E-state index in [2.05, 4.69) is 4.84 Å². The molecule has 0 atom stereocenters. The fourth-order valence-corrected chi connectivity index (χ4v) is 0.130. The molecule has 0 saturated heterocycles. The lowest BCUT2D eigenvalue weighted by atomic mass is 10.7. The van der Waals surface area contributed by atoms with Crippen LogP contribution in [-0.2, 0) is 9.63 Å². The molecule has 0 spiro atoms. The lowest BCUT2D eigenvalue weighted by Gasteiger charge is -1.90. The van der Waals surface area contributed by atoms with Crippen LogP contribution in [0.25, 0.3) is 0 Å². The summed E-state index contributed by atoms with van der Waals surface area (Å²) in [6, 6.07) is 0. The molecule has 1 amide bonds. The van der Waals surface area contributed by atoms with E-state index in [-0.39, 0.29) is 0 Å². The molecular formula is C3H6N2O2. The summed E-state index contributed by atoms with van der Waals surface area (Å²) in [6.07, 6.45) is 0.628. The van der Waals surface area contributed by atoms with Gasteiger partial charge in [0.25, 0.3) is 5.91 Å². The summed E-state index contributed by atoms with van der Waals surface area (Å²) in [5.74, 6) is -0.553. The minimum Gasteiger partial charge on any atom is -0.303 e. The molecule has 0 aromatic carbocycles. The zero-order chi connectivity index (χ0) is 5.70. The molecule has 0 heterocycles. The molecule has 4 heteroatoms. The number of amides is 1. The van der Waals surface area contributed by atoms with E-state index in [1.807, 2.05) is 5.48 Å². The first-order valence-electron chi connectivity index (χ1n) is 1.64. The van der Waals surface area contributed by atoms with Crippen LogP contribution < -0.4 is 5.48 Å². The summed E-state index contributed by atoms with van der Waals surface area (Å²) in [5.41, 5.74) is 1.91. The second kappa shape index (κ2) is 3.30. The predicted octanol–water partition coefficient (Wildman–Crippen LogP) is -0.686. The van der Waals surface area contributed by atoms with Gasteiger partial charge in [0.2, 0.25) is 0 Å². The number of rotatable bonds is 2. The molecule has 0 unspecified atom stereocenters. The van der Waals surface area contributed by atoms with Crippen LogP contribution in [0.5, 0.6) is 0 Å². The van der Waals surface area contributed by atoms with Gasteiger partial charge >= 0.3 is 0 Å². The molecule has 0 aromatic rings. The van der Waals surface area contributed by atoms with Gasteiger partial charge in [0.05, 0.1) is 13.3 Å². The third-order valence-corrected chi connectivity index (χ3v) is 0.334. The van der Waals surface area contributed by atoms with Crippen LogP contribution in [0.2, 0.25) is 0 Å². The molecule has 0 radical (unpaired) electrons.